The van der Waals surface area contributed by atoms with Gasteiger partial charge in [0.05, 0.1) is 12.0 Å². The van der Waals surface area contributed by atoms with E-state index in [4.69, 9.17) is 9.84 Å². The van der Waals surface area contributed by atoms with Gasteiger partial charge in [-0.3, -0.25) is 4.79 Å². The molecule has 0 rings (SSSR count). The van der Waals surface area contributed by atoms with Gasteiger partial charge in [0.15, 0.2) is 0 Å². The third-order valence-corrected chi connectivity index (χ3v) is 2.71. The smallest absolute Gasteiger partial charge is 0.408 e. The van der Waals surface area contributed by atoms with E-state index in [1.165, 1.54) is 0 Å². The number of nitrogens with one attached hydrogen (secondary N) is 1. The monoisotopic (exact) mass is 273 g/mol. The predicted octanol–water partition coefficient (Wildman–Crippen LogP) is 3.32. The molecule has 0 aromatic heterocycles. The van der Waals surface area contributed by atoms with Crippen molar-refractivity contribution >= 4 is 12.1 Å². The van der Waals surface area contributed by atoms with Crippen LogP contribution >= 0.6 is 0 Å². The molecule has 0 spiro atoms. The second-order valence-corrected chi connectivity index (χ2v) is 5.98. The summed E-state index contributed by atoms with van der Waals surface area (Å²) in [5.74, 6) is -0.905. The maximum atomic E-state index is 11.9. The quantitative estimate of drug-likeness (QED) is 0.746. The van der Waals surface area contributed by atoms with E-state index in [1.54, 1.807) is 20.8 Å². The molecule has 5 nitrogen and oxygen atoms in total. The number of rotatable bonds is 7. The van der Waals surface area contributed by atoms with Gasteiger partial charge in [-0.25, -0.2) is 4.79 Å². The molecule has 0 radical (unpaired) electrons. The lowest BCUT2D eigenvalue weighted by Gasteiger charge is -2.34. The molecular formula is C14H27NO4. The van der Waals surface area contributed by atoms with E-state index in [0.717, 1.165) is 12.8 Å². The lowest BCUT2D eigenvalue weighted by Crippen LogP contribution is -2.51. The van der Waals surface area contributed by atoms with Gasteiger partial charge in [-0.1, -0.05) is 26.7 Å². The summed E-state index contributed by atoms with van der Waals surface area (Å²) in [5, 5.41) is 11.8. The van der Waals surface area contributed by atoms with Crippen LogP contribution in [-0.2, 0) is 9.53 Å². The molecule has 0 aromatic rings. The molecule has 0 saturated heterocycles. The minimum absolute atomic E-state index is 0.0755. The van der Waals surface area contributed by atoms with E-state index in [2.05, 4.69) is 5.32 Å². The Morgan fingerprint density at radius 3 is 1.89 bits per heavy atom. The van der Waals surface area contributed by atoms with Crippen LogP contribution in [0.1, 0.15) is 66.7 Å². The third-order valence-electron chi connectivity index (χ3n) is 2.71. The van der Waals surface area contributed by atoms with Gasteiger partial charge in [0.2, 0.25) is 0 Å². The molecule has 19 heavy (non-hydrogen) atoms. The van der Waals surface area contributed by atoms with Crippen LogP contribution in [0.3, 0.4) is 0 Å². The van der Waals surface area contributed by atoms with Crippen molar-refractivity contribution in [1.29, 1.82) is 0 Å². The van der Waals surface area contributed by atoms with Gasteiger partial charge in [-0.2, -0.15) is 0 Å². The Morgan fingerprint density at radius 1 is 1.11 bits per heavy atom. The zero-order valence-electron chi connectivity index (χ0n) is 12.7. The summed E-state index contributed by atoms with van der Waals surface area (Å²) in [5.41, 5.74) is -1.30. The van der Waals surface area contributed by atoms with Gasteiger partial charge >= 0.3 is 12.1 Å². The van der Waals surface area contributed by atoms with Crippen molar-refractivity contribution in [2.75, 3.05) is 0 Å². The minimum atomic E-state index is -0.905. The van der Waals surface area contributed by atoms with E-state index < -0.39 is 23.2 Å². The largest absolute Gasteiger partial charge is 0.481 e. The highest BCUT2D eigenvalue weighted by Gasteiger charge is 2.34. The third kappa shape index (κ3) is 7.70. The molecule has 0 aliphatic heterocycles. The number of amides is 1. The van der Waals surface area contributed by atoms with Gasteiger partial charge < -0.3 is 15.2 Å². The van der Waals surface area contributed by atoms with Crippen molar-refractivity contribution in [2.24, 2.45) is 0 Å². The number of alkyl carbamates (subject to hydrolysis) is 1. The molecule has 112 valence electrons. The van der Waals surface area contributed by atoms with Crippen molar-refractivity contribution in [3.05, 3.63) is 0 Å². The molecule has 5 heteroatoms. The Labute approximate surface area is 115 Å². The summed E-state index contributed by atoms with van der Waals surface area (Å²) in [6.45, 7) is 9.30. The van der Waals surface area contributed by atoms with Gasteiger partial charge in [-0.15, -0.1) is 0 Å². The Kier molecular flexibility index (Phi) is 6.87. The average molecular weight is 273 g/mol. The highest BCUT2D eigenvalue weighted by Crippen LogP contribution is 2.24. The summed E-state index contributed by atoms with van der Waals surface area (Å²) >= 11 is 0. The van der Waals surface area contributed by atoms with Crippen LogP contribution in [0.2, 0.25) is 0 Å². The number of aliphatic carboxylic acids is 1. The van der Waals surface area contributed by atoms with E-state index >= 15 is 0 Å². The van der Waals surface area contributed by atoms with Gasteiger partial charge in [0, 0.05) is 0 Å². The van der Waals surface area contributed by atoms with Crippen LogP contribution in [-0.4, -0.2) is 28.3 Å². The van der Waals surface area contributed by atoms with E-state index in [1.807, 2.05) is 13.8 Å². The van der Waals surface area contributed by atoms with E-state index in [9.17, 15) is 9.59 Å². The molecule has 0 aliphatic rings. The first-order chi connectivity index (χ1) is 8.64. The van der Waals surface area contributed by atoms with Gasteiger partial charge in [0.25, 0.3) is 0 Å². The molecule has 0 heterocycles. The van der Waals surface area contributed by atoms with Crippen molar-refractivity contribution in [1.82, 2.24) is 5.32 Å². The van der Waals surface area contributed by atoms with Gasteiger partial charge in [-0.05, 0) is 33.6 Å². The first kappa shape index (κ1) is 17.7. The fourth-order valence-corrected chi connectivity index (χ4v) is 2.24. The Balaban J connectivity index is 4.89. The molecule has 0 fully saturated rings. The van der Waals surface area contributed by atoms with Crippen LogP contribution in [0.5, 0.6) is 0 Å². The molecular weight excluding hydrogens is 246 g/mol. The van der Waals surface area contributed by atoms with E-state index in [0.29, 0.717) is 12.8 Å². The summed E-state index contributed by atoms with van der Waals surface area (Å²) in [4.78, 5) is 22.9. The zero-order valence-corrected chi connectivity index (χ0v) is 12.7. The highest BCUT2D eigenvalue weighted by molar-refractivity contribution is 5.73. The van der Waals surface area contributed by atoms with Crippen LogP contribution in [0.25, 0.3) is 0 Å². The predicted molar refractivity (Wildman–Crippen MR) is 74.2 cm³/mol. The fraction of sp³-hybridized carbons (Fsp3) is 0.857. The van der Waals surface area contributed by atoms with Crippen LogP contribution in [0.15, 0.2) is 0 Å². The number of ether oxygens (including phenoxy) is 1. The normalized spacial score (nSPS) is 12.1. The van der Waals surface area contributed by atoms with Crippen molar-refractivity contribution < 1.29 is 19.4 Å². The summed E-state index contributed by atoms with van der Waals surface area (Å²) < 4.78 is 5.22. The first-order valence-electron chi connectivity index (χ1n) is 6.87. The summed E-state index contributed by atoms with van der Waals surface area (Å²) in [7, 11) is 0. The molecule has 1 amide bonds. The first-order valence-corrected chi connectivity index (χ1v) is 6.87. The number of hydrogen-bond donors (Lipinski definition) is 2. The second kappa shape index (κ2) is 7.36. The lowest BCUT2D eigenvalue weighted by atomic mass is 9.85. The molecule has 2 N–H and O–H groups in total. The van der Waals surface area contributed by atoms with E-state index in [-0.39, 0.29) is 6.42 Å². The van der Waals surface area contributed by atoms with Crippen LogP contribution in [0.4, 0.5) is 4.79 Å². The molecule has 0 saturated carbocycles. The second-order valence-electron chi connectivity index (χ2n) is 5.98. The number of carbonyl (C=O) groups excluding carboxylic acids is 1. The van der Waals surface area contributed by atoms with Gasteiger partial charge in [0.1, 0.15) is 5.60 Å². The fourth-order valence-electron chi connectivity index (χ4n) is 2.24. The Hall–Kier alpha value is -1.26. The highest BCUT2D eigenvalue weighted by atomic mass is 16.6. The van der Waals surface area contributed by atoms with Crippen molar-refractivity contribution in [3.8, 4) is 0 Å². The Bertz CT molecular complexity index is 301. The number of carbonyl (C=O) groups is 2. The molecule has 0 bridgehead atoms. The Morgan fingerprint density at radius 2 is 1.58 bits per heavy atom. The number of carboxylic acid groups (broad SMARTS) is 1. The lowest BCUT2D eigenvalue weighted by molar-refractivity contribution is -0.138. The summed E-state index contributed by atoms with van der Waals surface area (Å²) in [6.07, 6.45) is 2.26. The maximum absolute atomic E-state index is 11.9. The number of carboxylic acids is 1. The van der Waals surface area contributed by atoms with Crippen molar-refractivity contribution in [2.45, 2.75) is 77.9 Å². The van der Waals surface area contributed by atoms with Crippen LogP contribution in [0, 0.1) is 0 Å². The standard InChI is InChI=1S/C14H27NO4/c1-6-8-14(9-7-2,10-11(16)17)15-12(18)19-13(3,4)5/h6-10H2,1-5H3,(H,15,18)(H,16,17). The average Bonchev–Trinajstić information content (AvgIpc) is 2.12. The molecule has 0 aromatic carbocycles. The number of hydrogen-bond acceptors (Lipinski definition) is 3. The molecule has 0 atom stereocenters. The van der Waals surface area contributed by atoms with Crippen molar-refractivity contribution in [3.63, 3.8) is 0 Å². The topological polar surface area (TPSA) is 75.6 Å². The maximum Gasteiger partial charge on any atom is 0.408 e. The summed E-state index contributed by atoms with van der Waals surface area (Å²) in [6, 6.07) is 0. The SMILES string of the molecule is CCCC(CCC)(CC(=O)O)NC(=O)OC(C)(C)C. The minimum Gasteiger partial charge on any atom is -0.481 e. The molecule has 0 unspecified atom stereocenters. The zero-order chi connectivity index (χ0) is 15.1. The van der Waals surface area contributed by atoms with Crippen LogP contribution < -0.4 is 5.32 Å². The molecule has 0 aliphatic carbocycles.